The first-order valence-corrected chi connectivity index (χ1v) is 9.81. The summed E-state index contributed by atoms with van der Waals surface area (Å²) in [5.41, 5.74) is 1.30. The fourth-order valence-corrected chi connectivity index (χ4v) is 3.28. The van der Waals surface area contributed by atoms with Crippen LogP contribution in [0.4, 0.5) is 0 Å². The number of hydrogen-bond donors (Lipinski definition) is 2. The van der Waals surface area contributed by atoms with Gasteiger partial charge in [0.1, 0.15) is 6.54 Å². The Morgan fingerprint density at radius 3 is 2.61 bits per heavy atom. The Kier molecular flexibility index (Phi) is 9.46. The second kappa shape index (κ2) is 11.6. The Morgan fingerprint density at radius 1 is 1.29 bits per heavy atom. The maximum Gasteiger partial charge on any atom is 0.223 e. The predicted molar refractivity (Wildman–Crippen MR) is 122 cm³/mol. The Bertz CT molecular complexity index is 743. The van der Waals surface area contributed by atoms with Gasteiger partial charge in [0.25, 0.3) is 0 Å². The van der Waals surface area contributed by atoms with E-state index in [1.54, 1.807) is 6.92 Å². The number of aryl methyl sites for hydroxylation is 1. The van der Waals surface area contributed by atoms with Gasteiger partial charge >= 0.3 is 0 Å². The van der Waals surface area contributed by atoms with Crippen LogP contribution in [-0.4, -0.2) is 46.7 Å². The van der Waals surface area contributed by atoms with Crippen LogP contribution in [0.2, 0.25) is 5.02 Å². The Morgan fingerprint density at radius 2 is 2.00 bits per heavy atom. The van der Waals surface area contributed by atoms with E-state index in [9.17, 15) is 0 Å². The van der Waals surface area contributed by atoms with Crippen molar-refractivity contribution in [1.29, 1.82) is 0 Å². The van der Waals surface area contributed by atoms with Gasteiger partial charge in [-0.3, -0.25) is 4.90 Å². The number of rotatable bonds is 6. The van der Waals surface area contributed by atoms with Crippen molar-refractivity contribution in [2.24, 2.45) is 4.99 Å². The monoisotopic (exact) mass is 518 g/mol. The first-order chi connectivity index (χ1) is 13.1. The summed E-state index contributed by atoms with van der Waals surface area (Å²) in [7, 11) is 0. The summed E-state index contributed by atoms with van der Waals surface area (Å²) in [5, 5.41) is 11.5. The molecule has 0 aliphatic carbocycles. The Labute approximate surface area is 188 Å². The number of halogens is 2. The molecule has 1 aliphatic heterocycles. The lowest BCUT2D eigenvalue weighted by Crippen LogP contribution is -2.48. The van der Waals surface area contributed by atoms with Crippen molar-refractivity contribution in [1.82, 2.24) is 25.7 Å². The number of aromatic nitrogens is 2. The highest BCUT2D eigenvalue weighted by Gasteiger charge is 2.20. The average Bonchev–Trinajstić information content (AvgIpc) is 3.09. The van der Waals surface area contributed by atoms with Crippen LogP contribution < -0.4 is 10.6 Å². The molecule has 3 rings (SSSR count). The van der Waals surface area contributed by atoms with Crippen LogP contribution >= 0.6 is 35.6 Å². The topological polar surface area (TPSA) is 78.6 Å². The molecule has 28 heavy (non-hydrogen) atoms. The van der Waals surface area contributed by atoms with Crippen molar-refractivity contribution in [2.45, 2.75) is 45.8 Å². The van der Waals surface area contributed by atoms with Gasteiger partial charge in [-0.25, -0.2) is 4.99 Å². The molecule has 2 N–H and O–H groups in total. The lowest BCUT2D eigenvalue weighted by molar-refractivity contribution is 0.198. The number of piperidine rings is 1. The van der Waals surface area contributed by atoms with Gasteiger partial charge in [0, 0.05) is 44.2 Å². The molecule has 1 fully saturated rings. The molecular formula is C19H28ClIN6O. The van der Waals surface area contributed by atoms with Crippen LogP contribution in [0.3, 0.4) is 0 Å². The predicted octanol–water partition coefficient (Wildman–Crippen LogP) is 3.37. The molecule has 0 radical (unpaired) electrons. The van der Waals surface area contributed by atoms with Gasteiger partial charge in [-0.15, -0.1) is 24.0 Å². The van der Waals surface area contributed by atoms with E-state index in [2.05, 4.69) is 49.7 Å². The van der Waals surface area contributed by atoms with Gasteiger partial charge in [0.15, 0.2) is 11.8 Å². The minimum absolute atomic E-state index is 0. The smallest absolute Gasteiger partial charge is 0.223 e. The van der Waals surface area contributed by atoms with Crippen LogP contribution in [0.1, 0.15) is 37.0 Å². The van der Waals surface area contributed by atoms with E-state index < -0.39 is 0 Å². The maximum atomic E-state index is 5.96. The molecule has 1 aliphatic rings. The summed E-state index contributed by atoms with van der Waals surface area (Å²) < 4.78 is 4.99. The third-order valence-electron chi connectivity index (χ3n) is 4.54. The molecule has 0 bridgehead atoms. The zero-order valence-corrected chi connectivity index (χ0v) is 19.4. The van der Waals surface area contributed by atoms with Gasteiger partial charge in [-0.05, 0) is 37.5 Å². The van der Waals surface area contributed by atoms with E-state index in [1.165, 1.54) is 5.56 Å². The summed E-state index contributed by atoms with van der Waals surface area (Å²) >= 11 is 5.96. The van der Waals surface area contributed by atoms with Gasteiger partial charge < -0.3 is 15.2 Å². The molecule has 0 amide bonds. The molecular weight excluding hydrogens is 491 g/mol. The standard InChI is InChI=1S/C19H27ClN6O.HI/c1-3-21-19(22-12-18-23-14(2)27-25-18)24-17-8-10-26(11-9-17)13-15-4-6-16(20)7-5-15;/h4-7,17H,3,8-13H2,1-2H3,(H2,21,22,24);1H. The first-order valence-electron chi connectivity index (χ1n) is 9.43. The molecule has 9 heteroatoms. The SMILES string of the molecule is CCNC(=NCc1noc(C)n1)NC1CCN(Cc2ccc(Cl)cc2)CC1.I. The van der Waals surface area contributed by atoms with Crippen molar-refractivity contribution in [2.75, 3.05) is 19.6 Å². The molecule has 2 heterocycles. The lowest BCUT2D eigenvalue weighted by atomic mass is 10.0. The molecule has 7 nitrogen and oxygen atoms in total. The van der Waals surface area contributed by atoms with Crippen LogP contribution in [0.25, 0.3) is 0 Å². The van der Waals surface area contributed by atoms with Crippen LogP contribution in [0.5, 0.6) is 0 Å². The number of hydrogen-bond acceptors (Lipinski definition) is 5. The fraction of sp³-hybridized carbons (Fsp3) is 0.526. The Balaban J connectivity index is 0.00000280. The first kappa shape index (κ1) is 22.9. The number of benzene rings is 1. The van der Waals surface area contributed by atoms with Crippen LogP contribution in [-0.2, 0) is 13.1 Å². The molecule has 0 unspecified atom stereocenters. The molecule has 0 saturated carbocycles. The van der Waals surface area contributed by atoms with E-state index in [1.807, 2.05) is 12.1 Å². The number of guanidine groups is 1. The van der Waals surface area contributed by atoms with Crippen LogP contribution in [0, 0.1) is 6.92 Å². The van der Waals surface area contributed by atoms with E-state index in [-0.39, 0.29) is 24.0 Å². The van der Waals surface area contributed by atoms with Crippen LogP contribution in [0.15, 0.2) is 33.8 Å². The van der Waals surface area contributed by atoms with Gasteiger partial charge in [-0.2, -0.15) is 4.98 Å². The molecule has 0 atom stereocenters. The highest BCUT2D eigenvalue weighted by Crippen LogP contribution is 2.16. The minimum Gasteiger partial charge on any atom is -0.357 e. The molecule has 1 aromatic heterocycles. The van der Waals surface area contributed by atoms with Crippen molar-refractivity contribution in [3.63, 3.8) is 0 Å². The summed E-state index contributed by atoms with van der Waals surface area (Å²) in [6, 6.07) is 8.52. The summed E-state index contributed by atoms with van der Waals surface area (Å²) in [5.74, 6) is 1.96. The molecule has 1 aromatic carbocycles. The quantitative estimate of drug-likeness (QED) is 0.347. The van der Waals surface area contributed by atoms with E-state index in [4.69, 9.17) is 16.1 Å². The summed E-state index contributed by atoms with van der Waals surface area (Å²) in [6.45, 7) is 8.14. The Hall–Kier alpha value is -1.39. The second-order valence-corrected chi connectivity index (χ2v) is 7.18. The van der Waals surface area contributed by atoms with Crippen molar-refractivity contribution < 1.29 is 4.52 Å². The lowest BCUT2D eigenvalue weighted by Gasteiger charge is -2.33. The zero-order valence-electron chi connectivity index (χ0n) is 16.3. The highest BCUT2D eigenvalue weighted by molar-refractivity contribution is 14.0. The summed E-state index contributed by atoms with van der Waals surface area (Å²) in [6.07, 6.45) is 2.17. The second-order valence-electron chi connectivity index (χ2n) is 6.75. The third kappa shape index (κ3) is 7.21. The highest BCUT2D eigenvalue weighted by atomic mass is 127. The molecule has 2 aromatic rings. The fourth-order valence-electron chi connectivity index (χ4n) is 3.15. The van der Waals surface area contributed by atoms with Crippen molar-refractivity contribution >= 4 is 41.5 Å². The number of nitrogens with zero attached hydrogens (tertiary/aromatic N) is 4. The molecule has 0 spiro atoms. The molecule has 154 valence electrons. The summed E-state index contributed by atoms with van der Waals surface area (Å²) in [4.78, 5) is 11.2. The molecule has 1 saturated heterocycles. The number of nitrogens with one attached hydrogen (secondary N) is 2. The third-order valence-corrected chi connectivity index (χ3v) is 4.79. The van der Waals surface area contributed by atoms with Gasteiger partial charge in [-0.1, -0.05) is 28.9 Å². The van der Waals surface area contributed by atoms with Gasteiger partial charge in [0.2, 0.25) is 5.89 Å². The maximum absolute atomic E-state index is 5.96. The van der Waals surface area contributed by atoms with E-state index in [0.29, 0.717) is 24.3 Å². The zero-order chi connectivity index (χ0) is 19.1. The van der Waals surface area contributed by atoms with Crippen molar-refractivity contribution in [3.05, 3.63) is 46.6 Å². The van der Waals surface area contributed by atoms with Crippen molar-refractivity contribution in [3.8, 4) is 0 Å². The van der Waals surface area contributed by atoms with Gasteiger partial charge in [0.05, 0.1) is 0 Å². The average molecular weight is 519 g/mol. The van der Waals surface area contributed by atoms with E-state index >= 15 is 0 Å². The number of aliphatic imine (C=N–C) groups is 1. The van der Waals surface area contributed by atoms with E-state index in [0.717, 1.165) is 50.0 Å². The minimum atomic E-state index is 0. The normalized spacial score (nSPS) is 15.9. The number of likely N-dealkylation sites (tertiary alicyclic amines) is 1. The largest absolute Gasteiger partial charge is 0.357 e.